The molecule has 1 aromatic carbocycles. The van der Waals surface area contributed by atoms with Gasteiger partial charge in [-0.05, 0) is 30.5 Å². The van der Waals surface area contributed by atoms with Crippen LogP contribution in [0.5, 0.6) is 0 Å². The summed E-state index contributed by atoms with van der Waals surface area (Å²) in [6.45, 7) is 3.42. The summed E-state index contributed by atoms with van der Waals surface area (Å²) in [5.74, 6) is -0.688. The Hall–Kier alpha value is -1.88. The second kappa shape index (κ2) is 5.84. The van der Waals surface area contributed by atoms with Gasteiger partial charge in [0.25, 0.3) is 0 Å². The molecule has 0 aliphatic rings. The van der Waals surface area contributed by atoms with Crippen LogP contribution in [-0.4, -0.2) is 12.4 Å². The number of hydrogen-bond donors (Lipinski definition) is 2. The highest BCUT2D eigenvalue weighted by molar-refractivity contribution is 7.09. The smallest absolute Gasteiger partial charge is 0.136 e. The molecule has 3 nitrogen and oxygen atoms in total. The minimum atomic E-state index is -0.449. The van der Waals surface area contributed by atoms with Crippen LogP contribution in [0.25, 0.3) is 0 Å². The molecule has 1 aromatic heterocycles. The molecule has 0 amide bonds. The first-order valence-electron chi connectivity index (χ1n) is 6.03. The summed E-state index contributed by atoms with van der Waals surface area (Å²) in [7, 11) is 0. The van der Waals surface area contributed by atoms with E-state index in [-0.39, 0.29) is 11.4 Å². The highest BCUT2D eigenvalue weighted by atomic mass is 32.1. The quantitative estimate of drug-likeness (QED) is 0.651. The van der Waals surface area contributed by atoms with E-state index in [0.717, 1.165) is 6.54 Å². The van der Waals surface area contributed by atoms with Gasteiger partial charge in [0.1, 0.15) is 11.7 Å². The molecule has 0 fully saturated rings. The number of amidine groups is 1. The maximum atomic E-state index is 13.8. The number of thiophene rings is 1. The van der Waals surface area contributed by atoms with Crippen LogP contribution in [0.3, 0.4) is 0 Å². The molecule has 5 heteroatoms. The predicted octanol–water partition coefficient (Wildman–Crippen LogP) is 3.20. The fourth-order valence-corrected chi connectivity index (χ4v) is 2.72. The molecule has 0 saturated heterocycles. The number of rotatable bonds is 5. The second-order valence-electron chi connectivity index (χ2n) is 4.14. The molecule has 2 aromatic rings. The van der Waals surface area contributed by atoms with Crippen molar-refractivity contribution in [3.05, 3.63) is 52.0 Å². The lowest BCUT2D eigenvalue weighted by molar-refractivity contribution is 0.623. The highest BCUT2D eigenvalue weighted by Crippen LogP contribution is 2.25. The number of nitrogens with one attached hydrogen (secondary N) is 1. The van der Waals surface area contributed by atoms with Crippen molar-refractivity contribution in [1.82, 2.24) is 0 Å². The van der Waals surface area contributed by atoms with Crippen LogP contribution >= 0.6 is 11.3 Å². The van der Waals surface area contributed by atoms with E-state index in [4.69, 9.17) is 11.1 Å². The molecule has 0 atom stereocenters. The van der Waals surface area contributed by atoms with E-state index in [0.29, 0.717) is 12.2 Å². The average molecular weight is 277 g/mol. The lowest BCUT2D eigenvalue weighted by Crippen LogP contribution is -2.26. The second-order valence-corrected chi connectivity index (χ2v) is 5.17. The van der Waals surface area contributed by atoms with E-state index in [1.807, 2.05) is 29.3 Å². The molecular formula is C14H16FN3S. The minimum Gasteiger partial charge on any atom is -0.384 e. The van der Waals surface area contributed by atoms with Crippen molar-refractivity contribution in [2.45, 2.75) is 13.5 Å². The maximum Gasteiger partial charge on any atom is 0.136 e. The molecule has 0 saturated carbocycles. The van der Waals surface area contributed by atoms with E-state index in [9.17, 15) is 4.39 Å². The summed E-state index contributed by atoms with van der Waals surface area (Å²) in [4.78, 5) is 3.21. The molecule has 3 N–H and O–H groups in total. The Morgan fingerprint density at radius 1 is 1.37 bits per heavy atom. The van der Waals surface area contributed by atoms with Crippen LogP contribution in [-0.2, 0) is 6.54 Å². The van der Waals surface area contributed by atoms with E-state index < -0.39 is 5.82 Å². The third-order valence-corrected chi connectivity index (χ3v) is 3.77. The molecule has 0 bridgehead atoms. The highest BCUT2D eigenvalue weighted by Gasteiger charge is 2.16. The molecule has 0 radical (unpaired) electrons. The van der Waals surface area contributed by atoms with Gasteiger partial charge in [-0.15, -0.1) is 11.3 Å². The zero-order chi connectivity index (χ0) is 13.8. The van der Waals surface area contributed by atoms with Crippen molar-refractivity contribution in [2.24, 2.45) is 5.73 Å². The van der Waals surface area contributed by atoms with Gasteiger partial charge in [0, 0.05) is 11.4 Å². The fraction of sp³-hybridized carbons (Fsp3) is 0.214. The van der Waals surface area contributed by atoms with Crippen LogP contribution in [0.1, 0.15) is 17.4 Å². The molecule has 2 rings (SSSR count). The van der Waals surface area contributed by atoms with Crippen molar-refractivity contribution >= 4 is 22.9 Å². The Bertz CT molecular complexity index is 566. The van der Waals surface area contributed by atoms with Gasteiger partial charge in [-0.25, -0.2) is 4.39 Å². The molecular weight excluding hydrogens is 261 g/mol. The van der Waals surface area contributed by atoms with Crippen LogP contribution in [0, 0.1) is 11.2 Å². The molecule has 0 unspecified atom stereocenters. The van der Waals surface area contributed by atoms with Crippen LogP contribution in [0.2, 0.25) is 0 Å². The normalized spacial score (nSPS) is 10.4. The summed E-state index contributed by atoms with van der Waals surface area (Å²) >= 11 is 1.66. The summed E-state index contributed by atoms with van der Waals surface area (Å²) in [5.41, 5.74) is 6.35. The number of halogens is 1. The Morgan fingerprint density at radius 3 is 2.74 bits per heavy atom. The third-order valence-electron chi connectivity index (χ3n) is 2.91. The number of benzene rings is 1. The number of hydrogen-bond acceptors (Lipinski definition) is 3. The van der Waals surface area contributed by atoms with Gasteiger partial charge in [0.05, 0.1) is 17.8 Å². The molecule has 19 heavy (non-hydrogen) atoms. The standard InChI is InChI=1S/C14H16FN3S/c1-2-18(9-10-5-4-8-19-10)12-7-3-6-11(15)13(12)14(16)17/h3-8H,2,9H2,1H3,(H3,16,17). The van der Waals surface area contributed by atoms with Crippen LogP contribution < -0.4 is 10.6 Å². The van der Waals surface area contributed by atoms with Gasteiger partial charge in [0.2, 0.25) is 0 Å². The summed E-state index contributed by atoms with van der Waals surface area (Å²) in [6, 6.07) is 8.82. The Balaban J connectivity index is 2.38. The van der Waals surface area contributed by atoms with Crippen LogP contribution in [0.15, 0.2) is 35.7 Å². The number of nitrogens with zero attached hydrogens (tertiary/aromatic N) is 1. The van der Waals surface area contributed by atoms with Crippen molar-refractivity contribution in [3.8, 4) is 0 Å². The number of anilines is 1. The Morgan fingerprint density at radius 2 is 2.16 bits per heavy atom. The number of nitrogens with two attached hydrogens (primary N) is 1. The van der Waals surface area contributed by atoms with E-state index in [2.05, 4.69) is 0 Å². The summed E-state index contributed by atoms with van der Waals surface area (Å²) in [5, 5.41) is 9.56. The first kappa shape index (κ1) is 13.5. The Kier molecular flexibility index (Phi) is 4.16. The summed E-state index contributed by atoms with van der Waals surface area (Å²) in [6.07, 6.45) is 0. The van der Waals surface area contributed by atoms with E-state index in [1.165, 1.54) is 10.9 Å². The lowest BCUT2D eigenvalue weighted by Gasteiger charge is -2.25. The van der Waals surface area contributed by atoms with Gasteiger partial charge in [-0.2, -0.15) is 0 Å². The monoisotopic (exact) mass is 277 g/mol. The van der Waals surface area contributed by atoms with Gasteiger partial charge in [0.15, 0.2) is 0 Å². The first-order valence-corrected chi connectivity index (χ1v) is 6.91. The Labute approximate surface area is 116 Å². The largest absolute Gasteiger partial charge is 0.384 e. The topological polar surface area (TPSA) is 53.1 Å². The molecule has 0 aliphatic heterocycles. The van der Waals surface area contributed by atoms with Crippen molar-refractivity contribution in [2.75, 3.05) is 11.4 Å². The minimum absolute atomic E-state index is 0.181. The average Bonchev–Trinajstić information content (AvgIpc) is 2.88. The SMILES string of the molecule is CCN(Cc1cccs1)c1cccc(F)c1C(=N)N. The summed E-state index contributed by atoms with van der Waals surface area (Å²) < 4.78 is 13.8. The van der Waals surface area contributed by atoms with E-state index >= 15 is 0 Å². The van der Waals surface area contributed by atoms with E-state index in [1.54, 1.807) is 23.5 Å². The number of nitrogen functional groups attached to an aromatic ring is 1. The lowest BCUT2D eigenvalue weighted by atomic mass is 10.1. The van der Waals surface area contributed by atoms with Crippen molar-refractivity contribution in [1.29, 1.82) is 5.41 Å². The molecule has 0 spiro atoms. The molecule has 1 heterocycles. The predicted molar refractivity (Wildman–Crippen MR) is 78.5 cm³/mol. The van der Waals surface area contributed by atoms with Crippen molar-refractivity contribution in [3.63, 3.8) is 0 Å². The zero-order valence-electron chi connectivity index (χ0n) is 10.7. The van der Waals surface area contributed by atoms with Gasteiger partial charge >= 0.3 is 0 Å². The molecule has 100 valence electrons. The van der Waals surface area contributed by atoms with Crippen molar-refractivity contribution < 1.29 is 4.39 Å². The van der Waals surface area contributed by atoms with Gasteiger partial charge in [-0.3, -0.25) is 5.41 Å². The molecule has 0 aliphatic carbocycles. The van der Waals surface area contributed by atoms with Gasteiger partial charge in [-0.1, -0.05) is 12.1 Å². The maximum absolute atomic E-state index is 13.8. The van der Waals surface area contributed by atoms with Crippen LogP contribution in [0.4, 0.5) is 10.1 Å². The van der Waals surface area contributed by atoms with Gasteiger partial charge < -0.3 is 10.6 Å². The third kappa shape index (κ3) is 2.93. The zero-order valence-corrected chi connectivity index (χ0v) is 11.5. The fourth-order valence-electron chi connectivity index (χ4n) is 2.00. The first-order chi connectivity index (χ1) is 9.13.